The largest absolute Gasteiger partial charge is 0.490 e. The number of nitro benzene ring substituents is 1. The first-order valence-corrected chi connectivity index (χ1v) is 5.28. The molecule has 0 aliphatic carbocycles. The zero-order chi connectivity index (χ0) is 13.3. The normalized spacial score (nSPS) is 10.4. The standard InChI is InChI=1S/C10H9ClN4O3/c1-14-5-12-10(13-14)7-3-6(11)4-8(15(16)17)9(7)18-2/h3-5H,1-2H3. The number of ether oxygens (including phenoxy) is 1. The molecule has 7 nitrogen and oxygen atoms in total. The summed E-state index contributed by atoms with van der Waals surface area (Å²) >= 11 is 5.86. The summed E-state index contributed by atoms with van der Waals surface area (Å²) in [5.41, 5.74) is 0.171. The molecule has 0 unspecified atom stereocenters. The van der Waals surface area contributed by atoms with Crippen molar-refractivity contribution in [2.24, 2.45) is 7.05 Å². The molecule has 0 aliphatic rings. The van der Waals surface area contributed by atoms with E-state index in [-0.39, 0.29) is 16.5 Å². The van der Waals surface area contributed by atoms with Crippen LogP contribution in [0.4, 0.5) is 5.69 Å². The molecule has 0 saturated carbocycles. The van der Waals surface area contributed by atoms with Crippen molar-refractivity contribution in [2.45, 2.75) is 0 Å². The summed E-state index contributed by atoms with van der Waals surface area (Å²) in [6.45, 7) is 0. The molecule has 8 heteroatoms. The Kier molecular flexibility index (Phi) is 3.15. The van der Waals surface area contributed by atoms with Gasteiger partial charge in [-0.25, -0.2) is 4.98 Å². The fourth-order valence-electron chi connectivity index (χ4n) is 1.56. The van der Waals surface area contributed by atoms with Crippen LogP contribution in [0.25, 0.3) is 11.4 Å². The van der Waals surface area contributed by atoms with E-state index >= 15 is 0 Å². The molecule has 0 fully saturated rings. The summed E-state index contributed by atoms with van der Waals surface area (Å²) in [6, 6.07) is 2.76. The van der Waals surface area contributed by atoms with Gasteiger partial charge in [-0.15, -0.1) is 0 Å². The fraction of sp³-hybridized carbons (Fsp3) is 0.200. The third-order valence-corrected chi connectivity index (χ3v) is 2.49. The first-order chi connectivity index (χ1) is 8.52. The number of methoxy groups -OCH3 is 1. The molecule has 1 heterocycles. The highest BCUT2D eigenvalue weighted by Gasteiger charge is 2.23. The maximum Gasteiger partial charge on any atom is 0.313 e. The first kappa shape index (κ1) is 12.3. The van der Waals surface area contributed by atoms with Gasteiger partial charge in [0.05, 0.1) is 17.6 Å². The van der Waals surface area contributed by atoms with Crippen LogP contribution in [0.3, 0.4) is 0 Å². The van der Waals surface area contributed by atoms with Crippen LogP contribution in [0.2, 0.25) is 5.02 Å². The number of hydrogen-bond donors (Lipinski definition) is 0. The van der Waals surface area contributed by atoms with Gasteiger partial charge in [-0.1, -0.05) is 11.6 Å². The predicted octanol–water partition coefficient (Wildman–Crippen LogP) is 2.05. The Morgan fingerprint density at radius 1 is 1.50 bits per heavy atom. The highest BCUT2D eigenvalue weighted by molar-refractivity contribution is 6.31. The SMILES string of the molecule is COc1c(-c2ncn(C)n2)cc(Cl)cc1[N+](=O)[O-]. The number of halogens is 1. The molecular formula is C10H9ClN4O3. The molecule has 1 aromatic carbocycles. The molecule has 0 aliphatic heterocycles. The van der Waals surface area contributed by atoms with Gasteiger partial charge in [0.1, 0.15) is 6.33 Å². The average Bonchev–Trinajstić information content (AvgIpc) is 2.74. The number of nitrogens with zero attached hydrogens (tertiary/aromatic N) is 4. The Balaban J connectivity index is 2.69. The second kappa shape index (κ2) is 4.61. The smallest absolute Gasteiger partial charge is 0.313 e. The highest BCUT2D eigenvalue weighted by atomic mass is 35.5. The van der Waals surface area contributed by atoms with Crippen molar-refractivity contribution >= 4 is 17.3 Å². The minimum absolute atomic E-state index is 0.0931. The Morgan fingerprint density at radius 3 is 2.72 bits per heavy atom. The Hall–Kier alpha value is -2.15. The van der Waals surface area contributed by atoms with E-state index in [9.17, 15) is 10.1 Å². The van der Waals surface area contributed by atoms with Crippen LogP contribution in [-0.4, -0.2) is 26.8 Å². The maximum atomic E-state index is 10.9. The molecule has 1 aromatic heterocycles. The van der Waals surface area contributed by atoms with Crippen molar-refractivity contribution < 1.29 is 9.66 Å². The minimum atomic E-state index is -0.558. The van der Waals surface area contributed by atoms with Gasteiger partial charge in [-0.2, -0.15) is 5.10 Å². The molecule has 94 valence electrons. The lowest BCUT2D eigenvalue weighted by molar-refractivity contribution is -0.385. The van der Waals surface area contributed by atoms with Crippen molar-refractivity contribution in [3.05, 3.63) is 33.6 Å². The topological polar surface area (TPSA) is 83.1 Å². The Morgan fingerprint density at radius 2 is 2.22 bits per heavy atom. The van der Waals surface area contributed by atoms with Crippen molar-refractivity contribution in [2.75, 3.05) is 7.11 Å². The molecule has 0 saturated heterocycles. The number of aryl methyl sites for hydroxylation is 1. The van der Waals surface area contributed by atoms with E-state index in [2.05, 4.69) is 10.1 Å². The average molecular weight is 269 g/mol. The van der Waals surface area contributed by atoms with Crippen LogP contribution in [0.15, 0.2) is 18.5 Å². The van der Waals surface area contributed by atoms with E-state index in [0.29, 0.717) is 11.4 Å². The van der Waals surface area contributed by atoms with Crippen molar-refractivity contribution in [3.8, 4) is 17.1 Å². The highest BCUT2D eigenvalue weighted by Crippen LogP contribution is 2.38. The zero-order valence-corrected chi connectivity index (χ0v) is 10.4. The predicted molar refractivity (Wildman–Crippen MR) is 64.7 cm³/mol. The fourth-order valence-corrected chi connectivity index (χ4v) is 1.77. The van der Waals surface area contributed by atoms with Crippen LogP contribution in [0.1, 0.15) is 0 Å². The van der Waals surface area contributed by atoms with Gasteiger partial charge in [0.15, 0.2) is 5.82 Å². The third-order valence-electron chi connectivity index (χ3n) is 2.28. The van der Waals surface area contributed by atoms with E-state index in [0.717, 1.165) is 0 Å². The van der Waals surface area contributed by atoms with Crippen molar-refractivity contribution in [1.82, 2.24) is 14.8 Å². The summed E-state index contributed by atoms with van der Waals surface area (Å²) in [5, 5.41) is 15.2. The van der Waals surface area contributed by atoms with Crippen LogP contribution in [0, 0.1) is 10.1 Å². The maximum absolute atomic E-state index is 10.9. The van der Waals surface area contributed by atoms with Crippen LogP contribution in [-0.2, 0) is 7.05 Å². The molecule has 0 amide bonds. The lowest BCUT2D eigenvalue weighted by Gasteiger charge is -2.06. The molecule has 2 aromatic rings. The number of benzene rings is 1. The lowest BCUT2D eigenvalue weighted by Crippen LogP contribution is -1.97. The summed E-state index contributed by atoms with van der Waals surface area (Å²) in [6.07, 6.45) is 1.49. The summed E-state index contributed by atoms with van der Waals surface area (Å²) < 4.78 is 6.55. The Labute approximate surface area is 107 Å². The number of aromatic nitrogens is 3. The van der Waals surface area contributed by atoms with E-state index < -0.39 is 4.92 Å². The molecule has 0 spiro atoms. The summed E-state index contributed by atoms with van der Waals surface area (Å²) in [4.78, 5) is 14.4. The van der Waals surface area contributed by atoms with E-state index in [1.807, 2.05) is 0 Å². The van der Waals surface area contributed by atoms with Gasteiger partial charge in [0.25, 0.3) is 0 Å². The van der Waals surface area contributed by atoms with E-state index in [1.165, 1.54) is 30.3 Å². The van der Waals surface area contributed by atoms with Crippen molar-refractivity contribution in [1.29, 1.82) is 0 Å². The molecular weight excluding hydrogens is 260 g/mol. The van der Waals surface area contributed by atoms with Crippen LogP contribution < -0.4 is 4.74 Å². The molecule has 0 atom stereocenters. The van der Waals surface area contributed by atoms with Crippen molar-refractivity contribution in [3.63, 3.8) is 0 Å². The molecule has 2 rings (SSSR count). The van der Waals surface area contributed by atoms with Gasteiger partial charge in [-0.05, 0) is 6.07 Å². The van der Waals surface area contributed by atoms with Gasteiger partial charge < -0.3 is 4.74 Å². The molecule has 0 bridgehead atoms. The van der Waals surface area contributed by atoms with Crippen LogP contribution in [0.5, 0.6) is 5.75 Å². The number of hydrogen-bond acceptors (Lipinski definition) is 5. The lowest BCUT2D eigenvalue weighted by atomic mass is 10.1. The zero-order valence-electron chi connectivity index (χ0n) is 9.62. The second-order valence-electron chi connectivity index (χ2n) is 3.50. The number of nitro groups is 1. The van der Waals surface area contributed by atoms with Gasteiger partial charge >= 0.3 is 5.69 Å². The van der Waals surface area contributed by atoms with E-state index in [1.54, 1.807) is 7.05 Å². The monoisotopic (exact) mass is 268 g/mol. The van der Waals surface area contributed by atoms with Crippen LogP contribution >= 0.6 is 11.6 Å². The molecule has 18 heavy (non-hydrogen) atoms. The van der Waals surface area contributed by atoms with E-state index in [4.69, 9.17) is 16.3 Å². The van der Waals surface area contributed by atoms with Gasteiger partial charge in [0.2, 0.25) is 5.75 Å². The Bertz CT molecular complexity index is 611. The number of rotatable bonds is 3. The molecule has 0 radical (unpaired) electrons. The summed E-state index contributed by atoms with van der Waals surface area (Å²) in [7, 11) is 3.05. The van der Waals surface area contributed by atoms with Gasteiger partial charge in [-0.3, -0.25) is 14.8 Å². The van der Waals surface area contributed by atoms with Gasteiger partial charge in [0, 0.05) is 18.1 Å². The summed E-state index contributed by atoms with van der Waals surface area (Å²) in [5.74, 6) is 0.413. The molecule has 0 N–H and O–H groups in total. The second-order valence-corrected chi connectivity index (χ2v) is 3.94. The minimum Gasteiger partial charge on any atom is -0.490 e. The first-order valence-electron chi connectivity index (χ1n) is 4.91. The third kappa shape index (κ3) is 2.12. The quantitative estimate of drug-likeness (QED) is 0.628.